The second-order valence-corrected chi connectivity index (χ2v) is 8.63. The summed E-state index contributed by atoms with van der Waals surface area (Å²) < 4.78 is 38.2. The van der Waals surface area contributed by atoms with E-state index in [0.29, 0.717) is 26.2 Å². The van der Waals surface area contributed by atoms with Gasteiger partial charge in [0.15, 0.2) is 0 Å². The van der Waals surface area contributed by atoms with Crippen LogP contribution in [0.4, 0.5) is 8.78 Å². The number of hydrogen-bond donors (Lipinski definition) is 0. The summed E-state index contributed by atoms with van der Waals surface area (Å²) in [6, 6.07) is 19.9. The minimum Gasteiger partial charge on any atom is -0.497 e. The molecule has 0 radical (unpaired) electrons. The van der Waals surface area contributed by atoms with Gasteiger partial charge in [-0.3, -0.25) is 9.69 Å². The highest BCUT2D eigenvalue weighted by molar-refractivity contribution is 5.91. The van der Waals surface area contributed by atoms with Crippen molar-refractivity contribution in [3.05, 3.63) is 107 Å². The zero-order valence-corrected chi connectivity index (χ0v) is 20.3. The average molecular weight is 493 g/mol. The number of rotatable bonds is 9. The van der Waals surface area contributed by atoms with E-state index >= 15 is 0 Å². The number of piperazine rings is 1. The molecule has 0 atom stereocenters. The summed E-state index contributed by atoms with van der Waals surface area (Å²) in [5.74, 6) is 0.139. The number of carbonyl (C=O) groups is 1. The molecular weight excluding hydrogens is 462 g/mol. The Morgan fingerprint density at radius 3 is 1.94 bits per heavy atom. The van der Waals surface area contributed by atoms with Crippen LogP contribution in [0, 0.1) is 11.6 Å². The summed E-state index contributed by atoms with van der Waals surface area (Å²) in [5, 5.41) is 0. The van der Waals surface area contributed by atoms with E-state index in [9.17, 15) is 13.6 Å². The van der Waals surface area contributed by atoms with Crippen LogP contribution in [-0.2, 0) is 9.53 Å². The van der Waals surface area contributed by atoms with Crippen molar-refractivity contribution in [2.24, 2.45) is 0 Å². The average Bonchev–Trinajstić information content (AvgIpc) is 2.92. The number of methoxy groups -OCH3 is 1. The van der Waals surface area contributed by atoms with Crippen LogP contribution in [0.25, 0.3) is 6.08 Å². The third-order valence-corrected chi connectivity index (χ3v) is 6.26. The second kappa shape index (κ2) is 12.4. The van der Waals surface area contributed by atoms with E-state index in [1.807, 2.05) is 35.2 Å². The lowest BCUT2D eigenvalue weighted by atomic mass is 10.0. The van der Waals surface area contributed by atoms with Gasteiger partial charge in [-0.1, -0.05) is 36.4 Å². The molecule has 1 amide bonds. The summed E-state index contributed by atoms with van der Waals surface area (Å²) in [6.45, 7) is 3.94. The van der Waals surface area contributed by atoms with Gasteiger partial charge in [0, 0.05) is 38.8 Å². The first kappa shape index (κ1) is 25.5. The predicted octanol–water partition coefficient (Wildman–Crippen LogP) is 4.94. The number of benzene rings is 3. The van der Waals surface area contributed by atoms with Crippen LogP contribution < -0.4 is 4.74 Å². The Balaban J connectivity index is 1.26. The van der Waals surface area contributed by atoms with Crippen LogP contribution >= 0.6 is 0 Å². The number of carbonyl (C=O) groups excluding carboxylic acids is 1. The molecule has 0 saturated carbocycles. The molecule has 5 nitrogen and oxygen atoms in total. The van der Waals surface area contributed by atoms with Crippen molar-refractivity contribution in [1.29, 1.82) is 0 Å². The minimum absolute atomic E-state index is 0.00518. The van der Waals surface area contributed by atoms with Gasteiger partial charge in [-0.05, 0) is 59.2 Å². The van der Waals surface area contributed by atoms with Gasteiger partial charge in [-0.15, -0.1) is 0 Å². The Labute approximate surface area is 210 Å². The third kappa shape index (κ3) is 6.99. The quantitative estimate of drug-likeness (QED) is 0.397. The second-order valence-electron chi connectivity index (χ2n) is 8.63. The molecule has 3 aromatic carbocycles. The smallest absolute Gasteiger partial charge is 0.246 e. The van der Waals surface area contributed by atoms with Crippen molar-refractivity contribution in [3.63, 3.8) is 0 Å². The molecule has 36 heavy (non-hydrogen) atoms. The fourth-order valence-corrected chi connectivity index (χ4v) is 4.14. The Morgan fingerprint density at radius 2 is 1.42 bits per heavy atom. The summed E-state index contributed by atoms with van der Waals surface area (Å²) >= 11 is 0. The highest BCUT2D eigenvalue weighted by atomic mass is 19.1. The van der Waals surface area contributed by atoms with Gasteiger partial charge in [0.2, 0.25) is 5.91 Å². The number of amides is 1. The van der Waals surface area contributed by atoms with Crippen LogP contribution in [0.5, 0.6) is 5.75 Å². The molecule has 3 aromatic rings. The maximum Gasteiger partial charge on any atom is 0.246 e. The molecule has 0 aliphatic carbocycles. The Morgan fingerprint density at radius 1 is 0.861 bits per heavy atom. The number of nitrogens with zero attached hydrogens (tertiary/aromatic N) is 2. The van der Waals surface area contributed by atoms with Crippen LogP contribution in [-0.4, -0.2) is 62.1 Å². The zero-order valence-electron chi connectivity index (χ0n) is 20.3. The monoisotopic (exact) mass is 492 g/mol. The van der Waals surface area contributed by atoms with Crippen LogP contribution in [0.2, 0.25) is 0 Å². The van der Waals surface area contributed by atoms with Gasteiger partial charge in [-0.25, -0.2) is 8.78 Å². The maximum atomic E-state index is 13.4. The lowest BCUT2D eigenvalue weighted by molar-refractivity contribution is -0.127. The highest BCUT2D eigenvalue weighted by Gasteiger charge is 2.21. The molecule has 0 unspecified atom stereocenters. The van der Waals surface area contributed by atoms with Gasteiger partial charge in [0.05, 0.1) is 13.7 Å². The molecule has 1 heterocycles. The standard InChI is InChI=1S/C29H30F2N2O3/c1-35-27-13-2-22(3-14-27)4-15-28(34)33-18-16-32(17-19-33)20-21-36-29(23-5-9-25(30)10-6-23)24-7-11-26(31)12-8-24/h2-15,29H,16-21H2,1H3. The van der Waals surface area contributed by atoms with Crippen molar-refractivity contribution in [3.8, 4) is 5.75 Å². The Kier molecular flexibility index (Phi) is 8.81. The van der Waals surface area contributed by atoms with E-state index in [4.69, 9.17) is 9.47 Å². The molecule has 188 valence electrons. The zero-order chi connectivity index (χ0) is 25.3. The van der Waals surface area contributed by atoms with Gasteiger partial charge in [-0.2, -0.15) is 0 Å². The largest absolute Gasteiger partial charge is 0.497 e. The topological polar surface area (TPSA) is 42.0 Å². The predicted molar refractivity (Wildman–Crippen MR) is 136 cm³/mol. The molecule has 0 bridgehead atoms. The highest BCUT2D eigenvalue weighted by Crippen LogP contribution is 2.26. The van der Waals surface area contributed by atoms with Crippen LogP contribution in [0.15, 0.2) is 78.9 Å². The van der Waals surface area contributed by atoms with Gasteiger partial charge >= 0.3 is 0 Å². The van der Waals surface area contributed by atoms with E-state index in [-0.39, 0.29) is 17.5 Å². The Hall–Kier alpha value is -3.55. The molecular formula is C29H30F2N2O3. The van der Waals surface area contributed by atoms with E-state index in [1.165, 1.54) is 24.3 Å². The molecule has 7 heteroatoms. The van der Waals surface area contributed by atoms with E-state index < -0.39 is 6.10 Å². The molecule has 1 fully saturated rings. The van der Waals surface area contributed by atoms with E-state index in [0.717, 1.165) is 35.5 Å². The fraction of sp³-hybridized carbons (Fsp3) is 0.276. The molecule has 4 rings (SSSR count). The van der Waals surface area contributed by atoms with Crippen molar-refractivity contribution in [1.82, 2.24) is 9.80 Å². The first-order chi connectivity index (χ1) is 17.5. The number of halogens is 2. The van der Waals surface area contributed by atoms with Gasteiger partial charge < -0.3 is 14.4 Å². The molecule has 0 aromatic heterocycles. The maximum absolute atomic E-state index is 13.4. The SMILES string of the molecule is COc1ccc(C=CC(=O)N2CCN(CCOC(c3ccc(F)cc3)c3ccc(F)cc3)CC2)cc1. The van der Waals surface area contributed by atoms with E-state index in [2.05, 4.69) is 4.90 Å². The third-order valence-electron chi connectivity index (χ3n) is 6.26. The van der Waals surface area contributed by atoms with Crippen molar-refractivity contribution in [2.45, 2.75) is 6.10 Å². The normalized spacial score (nSPS) is 14.5. The van der Waals surface area contributed by atoms with Crippen molar-refractivity contribution >= 4 is 12.0 Å². The molecule has 1 aliphatic rings. The lowest BCUT2D eigenvalue weighted by Crippen LogP contribution is -2.49. The van der Waals surface area contributed by atoms with Crippen molar-refractivity contribution < 1.29 is 23.0 Å². The lowest BCUT2D eigenvalue weighted by Gasteiger charge is -2.34. The molecule has 1 aliphatic heterocycles. The fourth-order valence-electron chi connectivity index (χ4n) is 4.14. The molecule has 0 N–H and O–H groups in total. The Bertz CT molecular complexity index is 1100. The summed E-state index contributed by atoms with van der Waals surface area (Å²) in [5.41, 5.74) is 2.56. The summed E-state index contributed by atoms with van der Waals surface area (Å²) in [4.78, 5) is 16.7. The van der Waals surface area contributed by atoms with E-state index in [1.54, 1.807) is 37.5 Å². The summed E-state index contributed by atoms with van der Waals surface area (Å²) in [7, 11) is 1.62. The van der Waals surface area contributed by atoms with Gasteiger partial charge in [0.1, 0.15) is 23.5 Å². The first-order valence-electron chi connectivity index (χ1n) is 12.0. The molecule has 1 saturated heterocycles. The van der Waals surface area contributed by atoms with Crippen molar-refractivity contribution in [2.75, 3.05) is 46.4 Å². The van der Waals surface area contributed by atoms with Crippen LogP contribution in [0.3, 0.4) is 0 Å². The van der Waals surface area contributed by atoms with Gasteiger partial charge in [0.25, 0.3) is 0 Å². The van der Waals surface area contributed by atoms with Crippen LogP contribution in [0.1, 0.15) is 22.8 Å². The molecule has 0 spiro atoms. The number of hydrogen-bond acceptors (Lipinski definition) is 4. The minimum atomic E-state index is -0.419. The number of ether oxygens (including phenoxy) is 2. The summed E-state index contributed by atoms with van der Waals surface area (Å²) in [6.07, 6.45) is 3.00. The first-order valence-corrected chi connectivity index (χ1v) is 12.0.